The molecule has 0 aliphatic carbocycles. The average Bonchev–Trinajstić information content (AvgIpc) is 2.47. The molecule has 0 unspecified atom stereocenters. The summed E-state index contributed by atoms with van der Waals surface area (Å²) in [6, 6.07) is 7.50. The van der Waals surface area contributed by atoms with E-state index in [1.807, 2.05) is 37.3 Å². The quantitative estimate of drug-likeness (QED) is 0.749. The molecule has 5 heteroatoms. The Morgan fingerprint density at radius 2 is 1.82 bits per heavy atom. The molecule has 1 aromatic rings. The van der Waals surface area contributed by atoms with Crippen LogP contribution in [0, 0.1) is 0 Å². The van der Waals surface area contributed by atoms with Gasteiger partial charge in [0.2, 0.25) is 5.91 Å². The fourth-order valence-electron chi connectivity index (χ4n) is 1.48. The van der Waals surface area contributed by atoms with Gasteiger partial charge in [0.15, 0.2) is 0 Å². The van der Waals surface area contributed by atoms with Crippen LogP contribution in [0.3, 0.4) is 0 Å². The zero-order chi connectivity index (χ0) is 16.8. The number of aryl methyl sites for hydroxylation is 1. The van der Waals surface area contributed by atoms with Gasteiger partial charge in [0.1, 0.15) is 11.5 Å². The highest BCUT2D eigenvalue weighted by atomic mass is 16.5. The van der Waals surface area contributed by atoms with Gasteiger partial charge in [0.25, 0.3) is 0 Å². The van der Waals surface area contributed by atoms with Crippen molar-refractivity contribution in [2.75, 3.05) is 13.7 Å². The van der Waals surface area contributed by atoms with Crippen molar-refractivity contribution in [3.05, 3.63) is 42.2 Å². The van der Waals surface area contributed by atoms with Crippen LogP contribution in [0.5, 0.6) is 5.75 Å². The molecule has 0 saturated heterocycles. The molecule has 2 N–H and O–H groups in total. The Kier molecular flexibility index (Phi) is 11.1. The van der Waals surface area contributed by atoms with E-state index in [0.29, 0.717) is 18.8 Å². The molecule has 122 valence electrons. The minimum atomic E-state index is -0.372. The second kappa shape index (κ2) is 12.4. The first kappa shape index (κ1) is 19.7. The summed E-state index contributed by atoms with van der Waals surface area (Å²) >= 11 is 0. The van der Waals surface area contributed by atoms with Crippen LogP contribution in [0.2, 0.25) is 0 Å². The molecule has 0 radical (unpaired) electrons. The summed E-state index contributed by atoms with van der Waals surface area (Å²) in [6.45, 7) is 3.78. The second-order valence-corrected chi connectivity index (χ2v) is 4.62. The van der Waals surface area contributed by atoms with E-state index in [4.69, 9.17) is 10.5 Å². The Hall–Kier alpha value is -2.30. The molecule has 5 nitrogen and oxygen atoms in total. The highest BCUT2D eigenvalue weighted by Gasteiger charge is 1.99. The molecule has 0 fully saturated rings. The van der Waals surface area contributed by atoms with E-state index < -0.39 is 0 Å². The molecule has 0 atom stereocenters. The highest BCUT2D eigenvalue weighted by molar-refractivity contribution is 5.75. The van der Waals surface area contributed by atoms with E-state index in [0.717, 1.165) is 12.0 Å². The van der Waals surface area contributed by atoms with Gasteiger partial charge in [0, 0.05) is 6.42 Å². The molecular formula is C17H25NO4. The number of allylic oxidation sites excluding steroid dienone is 1. The van der Waals surface area contributed by atoms with Crippen molar-refractivity contribution < 1.29 is 19.1 Å². The van der Waals surface area contributed by atoms with E-state index in [2.05, 4.69) is 4.74 Å². The molecule has 22 heavy (non-hydrogen) atoms. The smallest absolute Gasteiger partial charge is 0.220 e. The highest BCUT2D eigenvalue weighted by Crippen LogP contribution is 2.13. The number of hydrogen-bond acceptors (Lipinski definition) is 4. The normalized spacial score (nSPS) is 9.77. The van der Waals surface area contributed by atoms with Gasteiger partial charge in [-0.25, -0.2) is 0 Å². The summed E-state index contributed by atoms with van der Waals surface area (Å²) in [6.07, 6.45) is 4.98. The minimum absolute atomic E-state index is 0.187. The van der Waals surface area contributed by atoms with E-state index in [9.17, 15) is 9.59 Å². The number of carbonyl (C=O) groups is 2. The predicted molar refractivity (Wildman–Crippen MR) is 86.6 cm³/mol. The Morgan fingerprint density at radius 1 is 1.18 bits per heavy atom. The lowest BCUT2D eigenvalue weighted by Gasteiger charge is -2.05. The maximum Gasteiger partial charge on any atom is 0.220 e. The molecule has 0 aliphatic rings. The molecular weight excluding hydrogens is 282 g/mol. The van der Waals surface area contributed by atoms with Gasteiger partial charge in [-0.05, 0) is 38.0 Å². The third-order valence-electron chi connectivity index (χ3n) is 2.58. The summed E-state index contributed by atoms with van der Waals surface area (Å²) in [5, 5.41) is 0. The van der Waals surface area contributed by atoms with Gasteiger partial charge < -0.3 is 20.0 Å². The Morgan fingerprint density at radius 3 is 2.23 bits per heavy atom. The topological polar surface area (TPSA) is 78.6 Å². The second-order valence-electron chi connectivity index (χ2n) is 4.62. The van der Waals surface area contributed by atoms with Gasteiger partial charge in [-0.3, -0.25) is 4.79 Å². The van der Waals surface area contributed by atoms with Crippen LogP contribution in [-0.4, -0.2) is 25.4 Å². The maximum absolute atomic E-state index is 10.8. The van der Waals surface area contributed by atoms with Crippen LogP contribution in [-0.2, 0) is 20.7 Å². The summed E-state index contributed by atoms with van der Waals surface area (Å²) < 4.78 is 9.84. The van der Waals surface area contributed by atoms with Crippen molar-refractivity contribution in [2.45, 2.75) is 33.1 Å². The molecule has 0 heterocycles. The molecule has 0 aliphatic heterocycles. The minimum Gasteiger partial charge on any atom is -0.505 e. The number of rotatable bonds is 8. The van der Waals surface area contributed by atoms with Crippen molar-refractivity contribution in [1.82, 2.24) is 0 Å². The van der Waals surface area contributed by atoms with Crippen molar-refractivity contribution >= 4 is 11.7 Å². The maximum atomic E-state index is 10.8. The van der Waals surface area contributed by atoms with Crippen LogP contribution in [0.25, 0.3) is 0 Å². The van der Waals surface area contributed by atoms with Crippen LogP contribution < -0.4 is 10.5 Å². The Labute approximate surface area is 132 Å². The molecule has 0 saturated carbocycles. The van der Waals surface area contributed by atoms with Crippen LogP contribution in [0.4, 0.5) is 0 Å². The molecule has 0 aromatic heterocycles. The number of primary amides is 1. The van der Waals surface area contributed by atoms with Gasteiger partial charge >= 0.3 is 0 Å². The molecule has 0 bridgehead atoms. The van der Waals surface area contributed by atoms with Crippen molar-refractivity contribution in [3.8, 4) is 5.75 Å². The zero-order valence-electron chi connectivity index (χ0n) is 13.5. The summed E-state index contributed by atoms with van der Waals surface area (Å²) in [4.78, 5) is 21.3. The van der Waals surface area contributed by atoms with E-state index in [1.54, 1.807) is 20.3 Å². The Bertz CT molecular complexity index is 466. The monoisotopic (exact) mass is 307 g/mol. The third-order valence-corrected chi connectivity index (χ3v) is 2.58. The largest absolute Gasteiger partial charge is 0.505 e. The van der Waals surface area contributed by atoms with Gasteiger partial charge in [-0.15, -0.1) is 0 Å². The first-order valence-corrected chi connectivity index (χ1v) is 7.13. The number of hydrogen-bond donors (Lipinski definition) is 1. The van der Waals surface area contributed by atoms with Crippen molar-refractivity contribution in [1.29, 1.82) is 0 Å². The van der Waals surface area contributed by atoms with Gasteiger partial charge in [0.05, 0.1) is 26.4 Å². The summed E-state index contributed by atoms with van der Waals surface area (Å²) in [5.41, 5.74) is 6.10. The number of carbonyl (C=O) groups excluding carboxylic acids is 2. The number of benzene rings is 1. The van der Waals surface area contributed by atoms with E-state index in [1.165, 1.54) is 0 Å². The van der Waals surface area contributed by atoms with E-state index in [-0.39, 0.29) is 18.1 Å². The number of ketones is 1. The van der Waals surface area contributed by atoms with Gasteiger partial charge in [-0.1, -0.05) is 18.2 Å². The zero-order valence-corrected chi connectivity index (χ0v) is 13.5. The van der Waals surface area contributed by atoms with Crippen molar-refractivity contribution in [2.24, 2.45) is 5.73 Å². The molecule has 1 rings (SSSR count). The molecule has 1 aromatic carbocycles. The number of methoxy groups -OCH3 is 1. The van der Waals surface area contributed by atoms with Gasteiger partial charge in [-0.2, -0.15) is 0 Å². The van der Waals surface area contributed by atoms with Crippen molar-refractivity contribution in [3.63, 3.8) is 0 Å². The standard InChI is InChI=1S/C13H17NO3.C4H8O/c1-10(15)2-3-11-4-6-12(7-5-11)17-9-8-13(14)16;1-3-4-5-2/h4-7H,2-3,8-9H2,1H3,(H2,14,16);3-4H,1-2H3/b;4-3+. The lowest BCUT2D eigenvalue weighted by atomic mass is 10.1. The number of amides is 1. The molecule has 0 spiro atoms. The SMILES string of the molecule is C/C=C/OC.CC(=O)CCc1ccc(OCCC(N)=O)cc1. The fraction of sp³-hybridized carbons (Fsp3) is 0.412. The lowest BCUT2D eigenvalue weighted by Crippen LogP contribution is -2.14. The number of ether oxygens (including phenoxy) is 2. The Balaban J connectivity index is 0.000000763. The lowest BCUT2D eigenvalue weighted by molar-refractivity contribution is -0.118. The fourth-order valence-corrected chi connectivity index (χ4v) is 1.48. The predicted octanol–water partition coefficient (Wildman–Crippen LogP) is 2.63. The number of nitrogens with two attached hydrogens (primary N) is 1. The first-order chi connectivity index (χ1) is 10.5. The van der Waals surface area contributed by atoms with Crippen LogP contribution in [0.1, 0.15) is 32.3 Å². The summed E-state index contributed by atoms with van der Waals surface area (Å²) in [7, 11) is 1.62. The van der Waals surface area contributed by atoms with E-state index >= 15 is 0 Å². The first-order valence-electron chi connectivity index (χ1n) is 7.13. The molecule has 1 amide bonds. The third kappa shape index (κ3) is 11.5. The summed E-state index contributed by atoms with van der Waals surface area (Å²) in [5.74, 6) is 0.521. The van der Waals surface area contributed by atoms with Crippen LogP contribution in [0.15, 0.2) is 36.6 Å². The average molecular weight is 307 g/mol. The van der Waals surface area contributed by atoms with Crippen LogP contribution >= 0.6 is 0 Å². The number of Topliss-reactive ketones (excluding diaryl/α,β-unsaturated/α-hetero) is 1.